The molecule has 1 aliphatic heterocycles. The molecule has 2 nitrogen and oxygen atoms in total. The van der Waals surface area contributed by atoms with Crippen molar-refractivity contribution in [3.05, 3.63) is 0 Å². The molecule has 2 rings (SSSR count). The van der Waals surface area contributed by atoms with Gasteiger partial charge in [0.2, 0.25) is 0 Å². The molecule has 0 radical (unpaired) electrons. The van der Waals surface area contributed by atoms with Crippen molar-refractivity contribution in [3.63, 3.8) is 0 Å². The van der Waals surface area contributed by atoms with Crippen LogP contribution in [-0.4, -0.2) is 34.8 Å². The van der Waals surface area contributed by atoms with E-state index >= 15 is 0 Å². The highest BCUT2D eigenvalue weighted by Crippen LogP contribution is 2.35. The minimum absolute atomic E-state index is 0.433. The van der Waals surface area contributed by atoms with Crippen LogP contribution in [0.2, 0.25) is 0 Å². The van der Waals surface area contributed by atoms with Crippen molar-refractivity contribution >= 4 is 11.8 Å². The fraction of sp³-hybridized carbons (Fsp3) is 1.00. The molecule has 0 spiro atoms. The van der Waals surface area contributed by atoms with Crippen LogP contribution in [0.4, 0.5) is 0 Å². The van der Waals surface area contributed by atoms with Gasteiger partial charge in [-0.2, -0.15) is 11.8 Å². The van der Waals surface area contributed by atoms with E-state index in [1.807, 2.05) is 0 Å². The highest BCUT2D eigenvalue weighted by Gasteiger charge is 2.34. The zero-order chi connectivity index (χ0) is 13.9. The summed E-state index contributed by atoms with van der Waals surface area (Å²) < 4.78 is 0. The largest absolute Gasteiger partial charge is 0.389 e. The normalized spacial score (nSPS) is 39.2. The van der Waals surface area contributed by atoms with Gasteiger partial charge in [-0.15, -0.1) is 0 Å². The summed E-state index contributed by atoms with van der Waals surface area (Å²) >= 11 is 2.06. The molecule has 2 N–H and O–H groups in total. The number of hydrogen-bond acceptors (Lipinski definition) is 3. The van der Waals surface area contributed by atoms with Crippen molar-refractivity contribution in [2.45, 2.75) is 70.9 Å². The minimum atomic E-state index is -0.433. The lowest BCUT2D eigenvalue weighted by Gasteiger charge is -2.40. The van der Waals surface area contributed by atoms with Gasteiger partial charge in [-0.3, -0.25) is 0 Å². The van der Waals surface area contributed by atoms with E-state index in [9.17, 15) is 5.11 Å². The third-order valence-electron chi connectivity index (χ3n) is 4.94. The molecular weight excluding hydrogens is 254 g/mol. The molecule has 1 saturated carbocycles. The summed E-state index contributed by atoms with van der Waals surface area (Å²) in [7, 11) is 0. The Bertz CT molecular complexity index is 284. The Kier molecular flexibility index (Phi) is 5.24. The number of rotatable bonds is 4. The van der Waals surface area contributed by atoms with Gasteiger partial charge in [-0.1, -0.05) is 27.2 Å². The standard InChI is InChI=1S/C16H31NOS/c1-4-13-5-7-16(18,8-6-13)11-17-14-9-15(2,3)12-19-10-14/h13-14,17-18H,4-12H2,1-3H3. The summed E-state index contributed by atoms with van der Waals surface area (Å²) in [6.07, 6.45) is 6.91. The summed E-state index contributed by atoms with van der Waals surface area (Å²) in [5.41, 5.74) is 0.0149. The first-order chi connectivity index (χ1) is 8.92. The van der Waals surface area contributed by atoms with Crippen molar-refractivity contribution in [3.8, 4) is 0 Å². The van der Waals surface area contributed by atoms with Gasteiger partial charge in [0.1, 0.15) is 0 Å². The summed E-state index contributed by atoms with van der Waals surface area (Å²) in [6, 6.07) is 0.585. The first kappa shape index (κ1) is 15.7. The molecule has 0 aromatic rings. The Morgan fingerprint density at radius 3 is 2.53 bits per heavy atom. The first-order valence-corrected chi connectivity index (χ1v) is 9.11. The smallest absolute Gasteiger partial charge is 0.0771 e. The maximum absolute atomic E-state index is 10.7. The third-order valence-corrected chi connectivity index (χ3v) is 6.57. The van der Waals surface area contributed by atoms with Gasteiger partial charge < -0.3 is 10.4 Å². The first-order valence-electron chi connectivity index (χ1n) is 7.96. The molecule has 2 fully saturated rings. The molecule has 0 bridgehead atoms. The third kappa shape index (κ3) is 4.64. The maximum Gasteiger partial charge on any atom is 0.0771 e. The molecule has 1 heterocycles. The van der Waals surface area contributed by atoms with Crippen LogP contribution >= 0.6 is 11.8 Å². The van der Waals surface area contributed by atoms with Gasteiger partial charge in [-0.25, -0.2) is 0 Å². The van der Waals surface area contributed by atoms with Crippen LogP contribution in [0.25, 0.3) is 0 Å². The average Bonchev–Trinajstić information content (AvgIpc) is 2.37. The van der Waals surface area contributed by atoms with Crippen LogP contribution in [-0.2, 0) is 0 Å². The Morgan fingerprint density at radius 1 is 1.26 bits per heavy atom. The summed E-state index contributed by atoms with van der Waals surface area (Å²) in [5.74, 6) is 3.33. The van der Waals surface area contributed by atoms with Gasteiger partial charge in [0, 0.05) is 18.3 Å². The second-order valence-electron chi connectivity index (χ2n) is 7.54. The lowest BCUT2D eigenvalue weighted by molar-refractivity contribution is -0.0110. The van der Waals surface area contributed by atoms with Gasteiger partial charge in [0.25, 0.3) is 0 Å². The van der Waals surface area contributed by atoms with E-state index < -0.39 is 5.60 Å². The van der Waals surface area contributed by atoms with E-state index in [4.69, 9.17) is 0 Å². The van der Waals surface area contributed by atoms with Gasteiger partial charge in [0.15, 0.2) is 0 Å². The Hall–Kier alpha value is 0.270. The van der Waals surface area contributed by atoms with Crippen LogP contribution in [0, 0.1) is 11.3 Å². The zero-order valence-electron chi connectivity index (χ0n) is 12.9. The Morgan fingerprint density at radius 2 is 1.95 bits per heavy atom. The maximum atomic E-state index is 10.7. The fourth-order valence-electron chi connectivity index (χ4n) is 3.53. The van der Waals surface area contributed by atoms with E-state index in [1.54, 1.807) is 0 Å². The van der Waals surface area contributed by atoms with Crippen LogP contribution in [0.15, 0.2) is 0 Å². The molecule has 1 saturated heterocycles. The summed E-state index contributed by atoms with van der Waals surface area (Å²) in [5, 5.41) is 14.3. The van der Waals surface area contributed by atoms with Crippen LogP contribution in [0.3, 0.4) is 0 Å². The average molecular weight is 285 g/mol. The van der Waals surface area contributed by atoms with E-state index in [-0.39, 0.29) is 0 Å². The van der Waals surface area contributed by atoms with Crippen molar-refractivity contribution in [2.24, 2.45) is 11.3 Å². The quantitative estimate of drug-likeness (QED) is 0.830. The van der Waals surface area contributed by atoms with E-state index in [0.717, 1.165) is 25.3 Å². The zero-order valence-corrected chi connectivity index (χ0v) is 13.7. The molecule has 1 aliphatic carbocycles. The molecule has 0 aromatic carbocycles. The van der Waals surface area contributed by atoms with Crippen molar-refractivity contribution in [1.82, 2.24) is 5.32 Å². The second kappa shape index (κ2) is 6.36. The van der Waals surface area contributed by atoms with Crippen molar-refractivity contribution in [1.29, 1.82) is 0 Å². The minimum Gasteiger partial charge on any atom is -0.389 e. The Labute approximate surface area is 123 Å². The number of aliphatic hydroxyl groups is 1. The lowest BCUT2D eigenvalue weighted by Crippen LogP contribution is -2.49. The molecule has 2 aliphatic rings. The fourth-order valence-corrected chi connectivity index (χ4v) is 4.84. The van der Waals surface area contributed by atoms with Crippen molar-refractivity contribution in [2.75, 3.05) is 18.1 Å². The van der Waals surface area contributed by atoms with Gasteiger partial charge in [-0.05, 0) is 49.2 Å². The van der Waals surface area contributed by atoms with E-state index in [2.05, 4.69) is 37.8 Å². The monoisotopic (exact) mass is 285 g/mol. The molecule has 0 amide bonds. The van der Waals surface area contributed by atoms with Gasteiger partial charge >= 0.3 is 0 Å². The topological polar surface area (TPSA) is 32.3 Å². The predicted molar refractivity (Wildman–Crippen MR) is 84.7 cm³/mol. The van der Waals surface area contributed by atoms with Crippen LogP contribution in [0.1, 0.15) is 59.3 Å². The lowest BCUT2D eigenvalue weighted by atomic mass is 9.77. The Balaban J connectivity index is 1.75. The molecule has 112 valence electrons. The SMILES string of the molecule is CCC1CCC(O)(CNC2CSCC(C)(C)C2)CC1. The predicted octanol–water partition coefficient (Wildman–Crippen LogP) is 3.44. The summed E-state index contributed by atoms with van der Waals surface area (Å²) in [4.78, 5) is 0. The number of hydrogen-bond donors (Lipinski definition) is 2. The molecule has 3 heteroatoms. The molecule has 19 heavy (non-hydrogen) atoms. The second-order valence-corrected chi connectivity index (χ2v) is 8.57. The number of nitrogens with one attached hydrogen (secondary N) is 1. The van der Waals surface area contributed by atoms with Gasteiger partial charge in [0.05, 0.1) is 5.60 Å². The summed E-state index contributed by atoms with van der Waals surface area (Å²) in [6.45, 7) is 7.78. The van der Waals surface area contributed by atoms with Crippen LogP contribution in [0.5, 0.6) is 0 Å². The highest BCUT2D eigenvalue weighted by molar-refractivity contribution is 7.99. The molecular formula is C16H31NOS. The molecule has 0 aromatic heterocycles. The van der Waals surface area contributed by atoms with Crippen LogP contribution < -0.4 is 5.32 Å². The van der Waals surface area contributed by atoms with Crippen molar-refractivity contribution < 1.29 is 5.11 Å². The highest BCUT2D eigenvalue weighted by atomic mass is 32.2. The van der Waals surface area contributed by atoms with E-state index in [0.29, 0.717) is 11.5 Å². The van der Waals surface area contributed by atoms with E-state index in [1.165, 1.54) is 37.2 Å². The number of thioether (sulfide) groups is 1. The molecule has 1 unspecified atom stereocenters. The molecule has 1 atom stereocenters.